The topological polar surface area (TPSA) is 77.0 Å². The molecule has 1 aliphatic heterocycles. The number of thioether (sulfide) groups is 1. The van der Waals surface area contributed by atoms with E-state index in [-0.39, 0.29) is 18.5 Å². The SMILES string of the molecule is CC(=O)N1N=C(c2ccccc2F)SC1(CNC(=O)NCCN(C)C)c1ccccc1. The maximum absolute atomic E-state index is 14.5. The van der Waals surface area contributed by atoms with E-state index in [9.17, 15) is 14.0 Å². The number of halogens is 1. The molecular formula is C22H26FN5O2S. The molecule has 0 spiro atoms. The van der Waals surface area contributed by atoms with E-state index in [0.29, 0.717) is 23.7 Å². The molecule has 9 heteroatoms. The Morgan fingerprint density at radius 3 is 2.42 bits per heavy atom. The lowest BCUT2D eigenvalue weighted by atomic mass is 10.1. The minimum Gasteiger partial charge on any atom is -0.337 e. The third-order valence-corrected chi connectivity index (χ3v) is 6.14. The number of amides is 3. The van der Waals surface area contributed by atoms with Crippen LogP contribution >= 0.6 is 11.8 Å². The number of hydrazone groups is 1. The predicted molar refractivity (Wildman–Crippen MR) is 121 cm³/mol. The standard InChI is InChI=1S/C22H26FN5O2S/c1-16(29)28-22(17-9-5-4-6-10-17,15-25-21(30)24-13-14-27(2)3)31-20(26-28)18-11-7-8-12-19(18)23/h4-12H,13-15H2,1-3H3,(H2,24,25,30). The van der Waals surface area contributed by atoms with Crippen molar-refractivity contribution in [2.24, 2.45) is 5.10 Å². The molecule has 1 heterocycles. The molecule has 2 aromatic rings. The maximum Gasteiger partial charge on any atom is 0.314 e. The van der Waals surface area contributed by atoms with Gasteiger partial charge in [0.1, 0.15) is 10.9 Å². The van der Waals surface area contributed by atoms with E-state index in [1.807, 2.05) is 49.3 Å². The van der Waals surface area contributed by atoms with Crippen LogP contribution in [-0.2, 0) is 9.67 Å². The zero-order chi connectivity index (χ0) is 22.4. The van der Waals surface area contributed by atoms with Gasteiger partial charge >= 0.3 is 6.03 Å². The lowest BCUT2D eigenvalue weighted by Gasteiger charge is -2.35. The van der Waals surface area contributed by atoms with Gasteiger partial charge in [-0.3, -0.25) is 4.79 Å². The van der Waals surface area contributed by atoms with Crippen LogP contribution in [0, 0.1) is 5.82 Å². The number of likely N-dealkylation sites (N-methyl/N-ethyl adjacent to an activating group) is 1. The second-order valence-electron chi connectivity index (χ2n) is 7.38. The first-order valence-corrected chi connectivity index (χ1v) is 10.7. The van der Waals surface area contributed by atoms with Gasteiger partial charge in [0.05, 0.1) is 6.54 Å². The van der Waals surface area contributed by atoms with Gasteiger partial charge in [0.15, 0.2) is 4.87 Å². The number of nitrogens with zero attached hydrogens (tertiary/aromatic N) is 3. The van der Waals surface area contributed by atoms with Crippen molar-refractivity contribution in [2.45, 2.75) is 11.8 Å². The van der Waals surface area contributed by atoms with Gasteiger partial charge in [0, 0.05) is 25.6 Å². The number of carbonyl (C=O) groups is 2. The van der Waals surface area contributed by atoms with Crippen LogP contribution in [-0.4, -0.2) is 60.6 Å². The molecule has 31 heavy (non-hydrogen) atoms. The molecule has 0 fully saturated rings. The quantitative estimate of drug-likeness (QED) is 0.690. The molecular weight excluding hydrogens is 417 g/mol. The Hall–Kier alpha value is -2.91. The summed E-state index contributed by atoms with van der Waals surface area (Å²) in [5.74, 6) is -0.729. The maximum atomic E-state index is 14.5. The van der Waals surface area contributed by atoms with Gasteiger partial charge < -0.3 is 15.5 Å². The number of hydrogen-bond acceptors (Lipinski definition) is 5. The number of benzene rings is 2. The average Bonchev–Trinajstić information content (AvgIpc) is 3.14. The van der Waals surface area contributed by atoms with Gasteiger partial charge in [-0.25, -0.2) is 14.2 Å². The highest BCUT2D eigenvalue weighted by Gasteiger charge is 2.48. The van der Waals surface area contributed by atoms with Crippen LogP contribution in [0.15, 0.2) is 59.7 Å². The summed E-state index contributed by atoms with van der Waals surface area (Å²) in [7, 11) is 3.84. The van der Waals surface area contributed by atoms with Crippen LogP contribution in [0.25, 0.3) is 0 Å². The third kappa shape index (κ3) is 5.23. The van der Waals surface area contributed by atoms with Crippen LogP contribution in [0.1, 0.15) is 18.1 Å². The molecule has 3 rings (SSSR count). The summed E-state index contributed by atoms with van der Waals surface area (Å²) in [5.41, 5.74) is 1.09. The van der Waals surface area contributed by atoms with Crippen molar-refractivity contribution in [2.75, 3.05) is 33.7 Å². The zero-order valence-corrected chi connectivity index (χ0v) is 18.6. The number of hydrogen-bond donors (Lipinski definition) is 2. The Bertz CT molecular complexity index is 969. The molecule has 1 aliphatic rings. The summed E-state index contributed by atoms with van der Waals surface area (Å²) in [6.45, 7) is 2.68. The molecule has 0 radical (unpaired) electrons. The smallest absolute Gasteiger partial charge is 0.314 e. The lowest BCUT2D eigenvalue weighted by molar-refractivity contribution is -0.132. The van der Waals surface area contributed by atoms with E-state index in [1.54, 1.807) is 18.2 Å². The summed E-state index contributed by atoms with van der Waals surface area (Å²) in [6.07, 6.45) is 0. The van der Waals surface area contributed by atoms with E-state index in [2.05, 4.69) is 15.7 Å². The van der Waals surface area contributed by atoms with Crippen LogP contribution < -0.4 is 10.6 Å². The van der Waals surface area contributed by atoms with Crippen molar-refractivity contribution in [3.05, 3.63) is 71.5 Å². The minimum atomic E-state index is -1.04. The van der Waals surface area contributed by atoms with E-state index >= 15 is 0 Å². The molecule has 3 amide bonds. The molecule has 7 nitrogen and oxygen atoms in total. The highest BCUT2D eigenvalue weighted by Crippen LogP contribution is 2.47. The highest BCUT2D eigenvalue weighted by atomic mass is 32.2. The highest BCUT2D eigenvalue weighted by molar-refractivity contribution is 8.15. The Kier molecular flexibility index (Phi) is 7.29. The fourth-order valence-corrected chi connectivity index (χ4v) is 4.58. The summed E-state index contributed by atoms with van der Waals surface area (Å²) < 4.78 is 14.5. The van der Waals surface area contributed by atoms with Crippen molar-refractivity contribution in [1.82, 2.24) is 20.5 Å². The Labute approximate surface area is 185 Å². The Morgan fingerprint density at radius 2 is 1.77 bits per heavy atom. The Morgan fingerprint density at radius 1 is 1.10 bits per heavy atom. The van der Waals surface area contributed by atoms with E-state index in [4.69, 9.17) is 0 Å². The second-order valence-corrected chi connectivity index (χ2v) is 8.65. The van der Waals surface area contributed by atoms with Crippen molar-refractivity contribution >= 4 is 28.7 Å². The first kappa shape index (κ1) is 22.8. The minimum absolute atomic E-state index is 0.0938. The number of urea groups is 1. The van der Waals surface area contributed by atoms with Crippen molar-refractivity contribution in [3.63, 3.8) is 0 Å². The van der Waals surface area contributed by atoms with Gasteiger partial charge in [0.25, 0.3) is 0 Å². The van der Waals surface area contributed by atoms with Crippen LogP contribution in [0.5, 0.6) is 0 Å². The zero-order valence-electron chi connectivity index (χ0n) is 17.8. The van der Waals surface area contributed by atoms with Gasteiger partial charge in [-0.15, -0.1) is 0 Å². The molecule has 2 aromatic carbocycles. The molecule has 1 atom stereocenters. The van der Waals surface area contributed by atoms with E-state index in [0.717, 1.165) is 5.56 Å². The molecule has 0 bridgehead atoms. The molecule has 1 unspecified atom stereocenters. The number of nitrogens with one attached hydrogen (secondary N) is 2. The monoisotopic (exact) mass is 443 g/mol. The number of carbonyl (C=O) groups excluding carboxylic acids is 2. The summed E-state index contributed by atoms with van der Waals surface area (Å²) in [4.78, 5) is 25.9. The van der Waals surface area contributed by atoms with Gasteiger partial charge in [0.2, 0.25) is 5.91 Å². The average molecular weight is 444 g/mol. The van der Waals surface area contributed by atoms with Crippen molar-refractivity contribution < 1.29 is 14.0 Å². The van der Waals surface area contributed by atoms with Crippen LogP contribution in [0.3, 0.4) is 0 Å². The van der Waals surface area contributed by atoms with Crippen LogP contribution in [0.4, 0.5) is 9.18 Å². The number of rotatable bonds is 7. The van der Waals surface area contributed by atoms with E-state index in [1.165, 1.54) is 29.8 Å². The Balaban J connectivity index is 1.90. The molecule has 0 aromatic heterocycles. The fourth-order valence-electron chi connectivity index (χ4n) is 3.21. The van der Waals surface area contributed by atoms with Gasteiger partial charge in [-0.2, -0.15) is 5.10 Å². The van der Waals surface area contributed by atoms with Crippen molar-refractivity contribution in [1.29, 1.82) is 0 Å². The second kappa shape index (κ2) is 9.93. The van der Waals surface area contributed by atoms with Crippen molar-refractivity contribution in [3.8, 4) is 0 Å². The molecule has 164 valence electrons. The third-order valence-electron chi connectivity index (χ3n) is 4.76. The lowest BCUT2D eigenvalue weighted by Crippen LogP contribution is -2.51. The molecule has 0 saturated heterocycles. The summed E-state index contributed by atoms with van der Waals surface area (Å²) in [5, 5.41) is 11.8. The molecule has 2 N–H and O–H groups in total. The first-order valence-electron chi connectivity index (χ1n) is 9.89. The summed E-state index contributed by atoms with van der Waals surface area (Å²) in [6, 6.07) is 15.3. The first-order chi connectivity index (χ1) is 14.8. The van der Waals surface area contributed by atoms with E-state index < -0.39 is 10.7 Å². The van der Waals surface area contributed by atoms with Gasteiger partial charge in [-0.05, 0) is 31.8 Å². The van der Waals surface area contributed by atoms with Crippen LogP contribution in [0.2, 0.25) is 0 Å². The molecule has 0 saturated carbocycles. The largest absolute Gasteiger partial charge is 0.337 e. The summed E-state index contributed by atoms with van der Waals surface area (Å²) >= 11 is 1.25. The van der Waals surface area contributed by atoms with Gasteiger partial charge in [-0.1, -0.05) is 54.2 Å². The normalized spacial score (nSPS) is 18.1. The predicted octanol–water partition coefficient (Wildman–Crippen LogP) is 2.80. The fraction of sp³-hybridized carbons (Fsp3) is 0.318. The molecule has 0 aliphatic carbocycles.